The Morgan fingerprint density at radius 3 is 2.14 bits per heavy atom. The molecule has 1 aromatic carbocycles. The van der Waals surface area contributed by atoms with Crippen molar-refractivity contribution in [3.63, 3.8) is 0 Å². The molecule has 0 spiro atoms. The molecule has 0 aliphatic carbocycles. The van der Waals surface area contributed by atoms with Crippen LogP contribution in [0.1, 0.15) is 25.0 Å². The number of aryl methyl sites for hydroxylation is 2. The van der Waals surface area contributed by atoms with Gasteiger partial charge in [0.1, 0.15) is 0 Å². The number of hydrogen-bond acceptors (Lipinski definition) is 5. The second kappa shape index (κ2) is 8.98. The van der Waals surface area contributed by atoms with Gasteiger partial charge in [0.25, 0.3) is 0 Å². The molecule has 22 heavy (non-hydrogen) atoms. The number of rotatable bonds is 5. The van der Waals surface area contributed by atoms with Gasteiger partial charge in [-0.2, -0.15) is 0 Å². The van der Waals surface area contributed by atoms with E-state index in [0.29, 0.717) is 5.69 Å². The molecule has 0 aromatic heterocycles. The molecule has 1 amide bonds. The molecule has 1 atom stereocenters. The molecule has 0 heterocycles. The van der Waals surface area contributed by atoms with Gasteiger partial charge in [-0.05, 0) is 31.9 Å². The van der Waals surface area contributed by atoms with Gasteiger partial charge >= 0.3 is 17.1 Å². The predicted octanol–water partition coefficient (Wildman–Crippen LogP) is 1.05. The smallest absolute Gasteiger partial charge is 0.548 e. The van der Waals surface area contributed by atoms with Crippen molar-refractivity contribution in [3.8, 4) is 0 Å². The van der Waals surface area contributed by atoms with E-state index in [1.165, 1.54) is 18.7 Å². The molecule has 1 aromatic rings. The molecule has 0 bridgehead atoms. The molecule has 0 saturated carbocycles. The van der Waals surface area contributed by atoms with Gasteiger partial charge in [0.05, 0.1) is 23.5 Å². The average Bonchev–Trinajstić information content (AvgIpc) is 2.39. The van der Waals surface area contributed by atoms with Crippen LogP contribution < -0.4 is 10.0 Å². The van der Waals surface area contributed by atoms with Crippen molar-refractivity contribution in [1.82, 2.24) is 0 Å². The zero-order valence-corrected chi connectivity index (χ0v) is 14.6. The Morgan fingerprint density at radius 1 is 1.23 bits per heavy atom. The molecule has 0 aliphatic heterocycles. The molecule has 7 heteroatoms. The summed E-state index contributed by atoms with van der Waals surface area (Å²) in [7, 11) is 0. The first-order valence-electron chi connectivity index (χ1n) is 6.48. The van der Waals surface area contributed by atoms with Crippen LogP contribution in [0.2, 0.25) is 0 Å². The predicted molar refractivity (Wildman–Crippen MR) is 81.0 cm³/mol. The Morgan fingerprint density at radius 2 is 1.73 bits per heavy atom. The third-order valence-electron chi connectivity index (χ3n) is 3.08. The second-order valence-corrected chi connectivity index (χ2v) is 5.93. The Labute approximate surface area is 144 Å². The first-order chi connectivity index (χ1) is 9.75. The van der Waals surface area contributed by atoms with Crippen LogP contribution in [-0.2, 0) is 31.5 Å². The summed E-state index contributed by atoms with van der Waals surface area (Å²) in [5.74, 6) is -1.86. The second-order valence-electron chi connectivity index (χ2n) is 4.78. The summed E-state index contributed by atoms with van der Waals surface area (Å²) < 4.78 is 0. The van der Waals surface area contributed by atoms with Crippen LogP contribution in [0.5, 0.6) is 0 Å². The summed E-state index contributed by atoms with van der Waals surface area (Å²) in [5, 5.41) is 11.0. The maximum Gasteiger partial charge on any atom is 1.00 e. The van der Waals surface area contributed by atoms with E-state index in [9.17, 15) is 19.5 Å². The average molecular weight is 372 g/mol. The van der Waals surface area contributed by atoms with Gasteiger partial charge < -0.3 is 14.8 Å². The van der Waals surface area contributed by atoms with Gasteiger partial charge in [-0.15, -0.1) is 0 Å². The monoisotopic (exact) mass is 371 g/mol. The maximum absolute atomic E-state index is 12.4. The molecule has 0 aliphatic rings. The minimum Gasteiger partial charge on any atom is -0.548 e. The van der Waals surface area contributed by atoms with Gasteiger partial charge in [0.15, 0.2) is 5.12 Å². The van der Waals surface area contributed by atoms with E-state index in [1.807, 2.05) is 32.0 Å². The van der Waals surface area contributed by atoms with Gasteiger partial charge in [-0.25, -0.2) is 0 Å². The zero-order chi connectivity index (χ0) is 16.2. The summed E-state index contributed by atoms with van der Waals surface area (Å²) in [6, 6.07) is 4.35. The van der Waals surface area contributed by atoms with E-state index >= 15 is 0 Å². The standard InChI is InChI=1S/C15H19NO4S.Cu/c1-9-6-5-7-10(2)14(9)16(11(3)15(19)20)13(18)8-21-12(4)17;/h5-7,11H,8H2,1-4H3,(H,19,20);/q;+1/p-1. The molecule has 0 N–H and O–H groups in total. The van der Waals surface area contributed by atoms with Crippen LogP contribution in [0, 0.1) is 13.8 Å². The van der Waals surface area contributed by atoms with E-state index in [2.05, 4.69) is 0 Å². The van der Waals surface area contributed by atoms with Crippen LogP contribution in [-0.4, -0.2) is 28.8 Å². The number of nitrogens with zero attached hydrogens (tertiary/aromatic N) is 1. The molecule has 0 radical (unpaired) electrons. The fraction of sp³-hybridized carbons (Fsp3) is 0.400. The minimum atomic E-state index is -1.33. The summed E-state index contributed by atoms with van der Waals surface area (Å²) in [6.45, 7) is 6.38. The number of thioether (sulfide) groups is 1. The fourth-order valence-corrected chi connectivity index (χ4v) is 2.52. The van der Waals surface area contributed by atoms with Crippen molar-refractivity contribution in [2.24, 2.45) is 0 Å². The molecule has 1 rings (SSSR count). The van der Waals surface area contributed by atoms with E-state index in [0.717, 1.165) is 22.9 Å². The first kappa shape index (κ1) is 20.7. The van der Waals surface area contributed by atoms with Crippen molar-refractivity contribution in [3.05, 3.63) is 29.3 Å². The SMILES string of the molecule is CC(=O)SCC(=O)N(c1c(C)cccc1C)C(C)C(=O)[O-].[Cu+]. The number of aliphatic carboxylic acids is 1. The van der Waals surface area contributed by atoms with Gasteiger partial charge in [0, 0.05) is 6.92 Å². The first-order valence-corrected chi connectivity index (χ1v) is 7.46. The fourth-order valence-electron chi connectivity index (χ4n) is 2.06. The van der Waals surface area contributed by atoms with E-state index in [-0.39, 0.29) is 27.9 Å². The van der Waals surface area contributed by atoms with Crippen LogP contribution in [0.25, 0.3) is 0 Å². The third-order valence-corrected chi connectivity index (χ3v) is 3.87. The van der Waals surface area contributed by atoms with Crippen LogP contribution in [0.15, 0.2) is 18.2 Å². The largest absolute Gasteiger partial charge is 1.00 e. The topological polar surface area (TPSA) is 77.5 Å². The number of carboxylic acid groups (broad SMARTS) is 1. The van der Waals surface area contributed by atoms with Crippen LogP contribution >= 0.6 is 11.8 Å². The molecule has 5 nitrogen and oxygen atoms in total. The van der Waals surface area contributed by atoms with Crippen molar-refractivity contribution >= 4 is 34.4 Å². The molecule has 0 fully saturated rings. The summed E-state index contributed by atoms with van der Waals surface area (Å²) in [5.41, 5.74) is 2.15. The number of benzene rings is 1. The quantitative estimate of drug-likeness (QED) is 0.723. The minimum absolute atomic E-state index is 0. The maximum atomic E-state index is 12.4. The molecule has 0 saturated heterocycles. The number of para-hydroxylation sites is 1. The molecule has 1 unspecified atom stereocenters. The van der Waals surface area contributed by atoms with E-state index in [1.54, 1.807) is 0 Å². The summed E-state index contributed by atoms with van der Waals surface area (Å²) in [6.07, 6.45) is 0. The van der Waals surface area contributed by atoms with Gasteiger partial charge in [0.2, 0.25) is 5.91 Å². The van der Waals surface area contributed by atoms with Crippen LogP contribution in [0.3, 0.4) is 0 Å². The third kappa shape index (κ3) is 5.16. The zero-order valence-electron chi connectivity index (χ0n) is 12.8. The number of carbonyl (C=O) groups excluding carboxylic acids is 3. The molecular formula is C15H18CuNO4S. The number of anilines is 1. The Kier molecular flexibility index (Phi) is 8.45. The van der Waals surface area contributed by atoms with Gasteiger partial charge in [-0.1, -0.05) is 30.0 Å². The Hall–Kier alpha value is -1.30. The van der Waals surface area contributed by atoms with E-state index < -0.39 is 17.9 Å². The number of hydrogen-bond donors (Lipinski definition) is 0. The van der Waals surface area contributed by atoms with Crippen molar-refractivity contribution in [1.29, 1.82) is 0 Å². The van der Waals surface area contributed by atoms with Crippen molar-refractivity contribution in [2.45, 2.75) is 33.7 Å². The summed E-state index contributed by atoms with van der Waals surface area (Å²) >= 11 is 0.860. The number of carboxylic acids is 1. The van der Waals surface area contributed by atoms with Crippen molar-refractivity contribution < 1.29 is 36.6 Å². The van der Waals surface area contributed by atoms with Crippen LogP contribution in [0.4, 0.5) is 5.69 Å². The normalized spacial score (nSPS) is 11.3. The summed E-state index contributed by atoms with van der Waals surface area (Å²) in [4.78, 5) is 35.8. The molecular weight excluding hydrogens is 354 g/mol. The van der Waals surface area contributed by atoms with Gasteiger partial charge in [-0.3, -0.25) is 9.59 Å². The Balaban J connectivity index is 0.00000441. The Bertz CT molecular complexity index is 556. The van der Waals surface area contributed by atoms with Crippen molar-refractivity contribution in [2.75, 3.05) is 10.7 Å². The van der Waals surface area contributed by atoms with E-state index in [4.69, 9.17) is 0 Å². The number of carbonyl (C=O) groups is 3. The number of amides is 1. The molecule has 124 valence electrons.